The summed E-state index contributed by atoms with van der Waals surface area (Å²) in [4.78, 5) is 27.8. The Kier molecular flexibility index (Phi) is 59.8. The third-order valence-corrected chi connectivity index (χ3v) is 17.8. The van der Waals surface area contributed by atoms with Crippen molar-refractivity contribution in [3.8, 4) is 67.5 Å². The zero-order valence-corrected chi connectivity index (χ0v) is 85.7. The number of pyridine rings is 6. The predicted octanol–water partition coefficient (Wildman–Crippen LogP) is 34.2. The van der Waals surface area contributed by atoms with E-state index in [2.05, 4.69) is 297 Å². The van der Waals surface area contributed by atoms with Gasteiger partial charge in [-0.2, -0.15) is 0 Å². The molecule has 18 aromatic rings. The van der Waals surface area contributed by atoms with E-state index in [1.165, 1.54) is 37.7 Å². The van der Waals surface area contributed by atoms with Crippen molar-refractivity contribution in [3.05, 3.63) is 398 Å². The monoisotopic (exact) mass is 2210 g/mol. The van der Waals surface area contributed by atoms with E-state index in [0.29, 0.717) is 0 Å². The van der Waals surface area contributed by atoms with Crippen LogP contribution in [0.4, 0.5) is 0 Å². The molecule has 0 atom stereocenters. The third-order valence-electron chi connectivity index (χ3n) is 17.8. The van der Waals surface area contributed by atoms with Gasteiger partial charge in [0.25, 0.3) is 0 Å². The van der Waals surface area contributed by atoms with Gasteiger partial charge in [0.1, 0.15) is 0 Å². The fourth-order valence-electron chi connectivity index (χ4n) is 13.0. The average Bonchev–Trinajstić information content (AvgIpc) is 0.682. The summed E-state index contributed by atoms with van der Waals surface area (Å²) < 4.78 is 0. The summed E-state index contributed by atoms with van der Waals surface area (Å²) in [6.45, 7) is 48.0. The molecule has 0 saturated carbocycles. The van der Waals surface area contributed by atoms with Crippen molar-refractivity contribution in [3.63, 3.8) is 0 Å². The SMILES string of the molecule is CC.CC.CC.CC.CC.CC.CC.CC.CC.CC.CC.CC.[Pt+2].[Pt+2].[Pt+2].[c-]1c(Cc2[c-]c(-c3ccccn3)c3ccccc3c2)cccc1-c1nccc2ccccc12.[c-]1c(Cc2[c-]c(-c3ccccn3)cc3ccccc23)cccc1-c1cc2ccccc2cn1.[c-]1c(Cc2[c-]c(-c3nccc4ccccc34)ccc2)cccc1-c1cc2ccccc2cn1. The summed E-state index contributed by atoms with van der Waals surface area (Å²) >= 11 is 0. The summed E-state index contributed by atoms with van der Waals surface area (Å²) in [5.41, 5.74) is 18.5. The molecule has 6 nitrogen and oxygen atoms in total. The maximum absolute atomic E-state index is 4.68. The molecule has 6 heterocycles. The molecule has 6 aromatic heterocycles. The zero-order valence-electron chi connectivity index (χ0n) is 78.9. The van der Waals surface area contributed by atoms with Crippen molar-refractivity contribution in [1.29, 1.82) is 0 Å². The molecule has 18 rings (SSSR count). The Hall–Kier alpha value is -10.8. The Balaban J connectivity index is 0.000000833. The largest absolute Gasteiger partial charge is 2.00 e. The Morgan fingerprint density at radius 3 is 0.929 bits per heavy atom. The molecule has 0 amide bonds. The van der Waals surface area contributed by atoms with Gasteiger partial charge >= 0.3 is 63.2 Å². The van der Waals surface area contributed by atoms with Crippen LogP contribution in [-0.2, 0) is 82.5 Å². The second-order valence-electron chi connectivity index (χ2n) is 24.4. The molecule has 0 saturated heterocycles. The van der Waals surface area contributed by atoms with Crippen LogP contribution < -0.4 is 0 Å². The van der Waals surface area contributed by atoms with Crippen LogP contribution in [0.25, 0.3) is 132 Å². The Labute approximate surface area is 802 Å². The molecule has 0 aliphatic heterocycles. The zero-order chi connectivity index (χ0) is 90.1. The molecule has 0 aliphatic rings. The summed E-state index contributed by atoms with van der Waals surface area (Å²) in [5.74, 6) is 0. The molecule has 0 fully saturated rings. The van der Waals surface area contributed by atoms with Gasteiger partial charge in [0, 0.05) is 37.2 Å². The first kappa shape index (κ1) is 113. The first-order chi connectivity index (χ1) is 61.0. The second kappa shape index (κ2) is 66.6. The Morgan fingerprint density at radius 1 is 0.190 bits per heavy atom. The first-order valence-corrected chi connectivity index (χ1v) is 45.2. The van der Waals surface area contributed by atoms with Crippen LogP contribution in [0.5, 0.6) is 0 Å². The van der Waals surface area contributed by atoms with Crippen LogP contribution in [-0.4, -0.2) is 29.9 Å². The maximum atomic E-state index is 4.68. The Morgan fingerprint density at radius 2 is 0.516 bits per heavy atom. The van der Waals surface area contributed by atoms with Gasteiger partial charge < -0.3 is 29.9 Å². The maximum Gasteiger partial charge on any atom is 2.00 e. The summed E-state index contributed by atoms with van der Waals surface area (Å²) in [5, 5.41) is 14.1. The number of hydrogen-bond acceptors (Lipinski definition) is 6. The van der Waals surface area contributed by atoms with E-state index < -0.39 is 0 Å². The molecule has 12 aromatic carbocycles. The van der Waals surface area contributed by atoms with Crippen molar-refractivity contribution in [2.75, 3.05) is 0 Å². The van der Waals surface area contributed by atoms with Crippen molar-refractivity contribution in [1.82, 2.24) is 29.9 Å². The van der Waals surface area contributed by atoms with Crippen molar-refractivity contribution in [2.24, 2.45) is 0 Å². The molecule has 0 unspecified atom stereocenters. The van der Waals surface area contributed by atoms with E-state index in [1.54, 1.807) is 0 Å². The predicted molar refractivity (Wildman–Crippen MR) is 541 cm³/mol. The Bertz CT molecular complexity index is 5940. The molecule has 0 aliphatic carbocycles. The molecule has 9 heteroatoms. The van der Waals surface area contributed by atoms with E-state index in [0.717, 1.165) is 147 Å². The molecule has 0 N–H and O–H groups in total. The van der Waals surface area contributed by atoms with E-state index in [4.69, 9.17) is 0 Å². The number of rotatable bonds is 12. The quantitative estimate of drug-likeness (QED) is 0.113. The fourth-order valence-corrected chi connectivity index (χ4v) is 13.0. The minimum absolute atomic E-state index is 0. The number of benzene rings is 12. The number of aromatic nitrogens is 6. The molecule has 126 heavy (non-hydrogen) atoms. The van der Waals surface area contributed by atoms with Crippen LogP contribution in [0.2, 0.25) is 0 Å². The second-order valence-corrected chi connectivity index (χ2v) is 24.4. The van der Waals surface area contributed by atoms with E-state index >= 15 is 0 Å². The van der Waals surface area contributed by atoms with Gasteiger partial charge in [0.15, 0.2) is 0 Å². The van der Waals surface area contributed by atoms with Crippen molar-refractivity contribution in [2.45, 2.75) is 185 Å². The topological polar surface area (TPSA) is 77.3 Å². The number of fused-ring (bicyclic) bond motifs is 6. The van der Waals surface area contributed by atoms with Crippen molar-refractivity contribution < 1.29 is 63.2 Å². The summed E-state index contributed by atoms with van der Waals surface area (Å²) in [6, 6.07) is 122. The van der Waals surface area contributed by atoms with E-state index in [-0.39, 0.29) is 63.2 Å². The van der Waals surface area contributed by atoms with E-state index in [9.17, 15) is 0 Å². The van der Waals surface area contributed by atoms with Gasteiger partial charge in [-0.1, -0.05) is 359 Å². The fraction of sp³-hybridized carbons (Fsp3) is 0.231. The molecule has 0 spiro atoms. The van der Waals surface area contributed by atoms with Gasteiger partial charge in [0.2, 0.25) is 0 Å². The van der Waals surface area contributed by atoms with Gasteiger partial charge in [-0.25, -0.2) is 0 Å². The number of nitrogens with zero attached hydrogens (tertiary/aromatic N) is 6. The molecule has 0 radical (unpaired) electrons. The minimum Gasteiger partial charge on any atom is -0.305 e. The van der Waals surface area contributed by atoms with Gasteiger partial charge in [-0.15, -0.1) is 199 Å². The normalized spacial score (nSPS) is 9.33. The van der Waals surface area contributed by atoms with Crippen LogP contribution in [0.3, 0.4) is 0 Å². The molecular formula is C117H132N6Pt3. The number of hydrogen-bond donors (Lipinski definition) is 0. The third kappa shape index (κ3) is 32.5. The smallest absolute Gasteiger partial charge is 0.305 e. The van der Waals surface area contributed by atoms with Crippen LogP contribution in [0, 0.1) is 36.4 Å². The van der Waals surface area contributed by atoms with Crippen LogP contribution in [0.15, 0.2) is 328 Å². The first-order valence-electron chi connectivity index (χ1n) is 45.2. The van der Waals surface area contributed by atoms with Crippen LogP contribution in [0.1, 0.15) is 200 Å². The molecule has 660 valence electrons. The van der Waals surface area contributed by atoms with Gasteiger partial charge in [0.05, 0.1) is 0 Å². The summed E-state index contributed by atoms with van der Waals surface area (Å²) in [6.07, 6.45) is 13.5. The van der Waals surface area contributed by atoms with Crippen molar-refractivity contribution >= 4 is 64.6 Å². The standard InChI is InChI=1S/3C31H20N2.12C2H6.3Pt/c1-4-13-28-24(9-1)15-17-33-31(28)26-11-7-8-22(19-26)18-23-20-25-10-2-3-12-27(25)29(21-23)30-14-5-6-16-32-30;1-2-11-28-21-33-30(20-25(28)10-1)26-12-5-7-22(18-26)17-23-8-6-13-27(19-23)31-29-14-4-3-9-24(29)15-16-32-31;1-2-11-26-21-33-31(20-23(26)9-1)25-12-7-8-22(16-25)17-27-19-28(30-14-5-6-15-32-30)18-24-10-3-4-13-29(24)27;12*1-2;;;/h1-17,20H,18H2;1-16,20-21H,17H2;1-15,18,20-21H,17H2;12*1-2H3;;;/q3*-2;;;;;;;;;;;;;3*+2. The van der Waals surface area contributed by atoms with Crippen LogP contribution >= 0.6 is 0 Å². The minimum atomic E-state index is 0. The summed E-state index contributed by atoms with van der Waals surface area (Å²) in [7, 11) is 0. The van der Waals surface area contributed by atoms with Gasteiger partial charge in [-0.05, 0) is 121 Å². The van der Waals surface area contributed by atoms with E-state index in [1.807, 2.05) is 264 Å². The van der Waals surface area contributed by atoms with Gasteiger partial charge in [-0.3, -0.25) is 0 Å². The average molecular weight is 2210 g/mol. The molecule has 0 bridgehead atoms. The molecular weight excluding hydrogens is 2070 g/mol.